The second-order valence-corrected chi connectivity index (χ2v) is 4.58. The zero-order valence-electron chi connectivity index (χ0n) is 6.90. The monoisotopic (exact) mass is 271 g/mol. The third-order valence-electron chi connectivity index (χ3n) is 1.39. The molecule has 1 aromatic rings. The number of rotatable bonds is 1. The van der Waals surface area contributed by atoms with Gasteiger partial charge in [-0.3, -0.25) is 0 Å². The minimum atomic E-state index is -2.19. The molecule has 0 spiro atoms. The van der Waals surface area contributed by atoms with Crippen molar-refractivity contribution in [1.82, 2.24) is 0 Å². The van der Waals surface area contributed by atoms with E-state index in [1.807, 2.05) is 0 Å². The molecule has 0 N–H and O–H groups in total. The number of benzene rings is 1. The molecule has 1 aromatic carbocycles. The molecule has 80 valence electrons. The lowest BCUT2D eigenvalue weighted by Crippen LogP contribution is -2.14. The highest BCUT2D eigenvalue weighted by molar-refractivity contribution is 6.66. The van der Waals surface area contributed by atoms with Gasteiger partial charge in [0.05, 0.1) is 5.56 Å². The summed E-state index contributed by atoms with van der Waals surface area (Å²) in [6.07, 6.45) is 0. The number of ether oxygens (including phenoxy) is 1. The fourth-order valence-electron chi connectivity index (χ4n) is 0.822. The van der Waals surface area contributed by atoms with Crippen LogP contribution in [-0.4, -0.2) is 3.98 Å². The molecule has 0 saturated carbocycles. The molecule has 0 bridgehead atoms. The van der Waals surface area contributed by atoms with E-state index in [2.05, 4.69) is 4.74 Å². The molecule has 0 aliphatic heterocycles. The summed E-state index contributed by atoms with van der Waals surface area (Å²) in [7, 11) is 0. The number of hydrogen-bond donors (Lipinski definition) is 0. The Kier molecular flexibility index (Phi) is 3.61. The van der Waals surface area contributed by atoms with Gasteiger partial charge in [0, 0.05) is 0 Å². The lowest BCUT2D eigenvalue weighted by molar-refractivity contribution is 0.296. The average molecular weight is 272 g/mol. The fourth-order valence-corrected chi connectivity index (χ4v) is 1.07. The minimum Gasteiger partial charge on any atom is -0.442 e. The first-order valence-corrected chi connectivity index (χ1v) is 4.62. The highest BCUT2D eigenvalue weighted by atomic mass is 35.6. The second-order valence-electron chi connectivity index (χ2n) is 2.40. The van der Waals surface area contributed by atoms with Crippen LogP contribution < -0.4 is 4.74 Å². The normalized spacial score (nSPS) is 10.9. The standard InChI is InChI=1S/C8H2Cl3F2NO/c9-8(10,11)15-5-2-1-4(3-14)6(12)7(5)13/h1-2H. The Balaban J connectivity index is 3.14. The van der Waals surface area contributed by atoms with Crippen LogP contribution in [0.25, 0.3) is 0 Å². The van der Waals surface area contributed by atoms with Gasteiger partial charge in [0.1, 0.15) is 6.07 Å². The first-order chi connectivity index (χ1) is 6.85. The third-order valence-corrected chi connectivity index (χ3v) is 1.62. The van der Waals surface area contributed by atoms with Crippen LogP contribution in [0, 0.1) is 23.0 Å². The summed E-state index contributed by atoms with van der Waals surface area (Å²) >= 11 is 15.7. The molecule has 0 radical (unpaired) electrons. The Morgan fingerprint density at radius 1 is 1.20 bits per heavy atom. The summed E-state index contributed by atoms with van der Waals surface area (Å²) in [5.74, 6) is -3.30. The molecule has 0 fully saturated rings. The number of halogens is 5. The van der Waals surface area contributed by atoms with Crippen LogP contribution in [-0.2, 0) is 0 Å². The topological polar surface area (TPSA) is 33.0 Å². The van der Waals surface area contributed by atoms with Crippen molar-refractivity contribution in [1.29, 1.82) is 5.26 Å². The smallest absolute Gasteiger partial charge is 0.338 e. The van der Waals surface area contributed by atoms with Gasteiger partial charge in [0.25, 0.3) is 0 Å². The zero-order valence-corrected chi connectivity index (χ0v) is 9.17. The zero-order chi connectivity index (χ0) is 11.6. The van der Waals surface area contributed by atoms with Crippen LogP contribution in [0.2, 0.25) is 0 Å². The van der Waals surface area contributed by atoms with Crippen molar-refractivity contribution in [2.45, 2.75) is 3.98 Å². The Morgan fingerprint density at radius 3 is 2.27 bits per heavy atom. The molecule has 7 heteroatoms. The van der Waals surface area contributed by atoms with E-state index in [4.69, 9.17) is 40.1 Å². The second kappa shape index (κ2) is 4.40. The van der Waals surface area contributed by atoms with Crippen LogP contribution in [0.3, 0.4) is 0 Å². The van der Waals surface area contributed by atoms with Crippen molar-refractivity contribution in [3.8, 4) is 11.8 Å². The van der Waals surface area contributed by atoms with Gasteiger partial charge in [-0.15, -0.1) is 0 Å². The number of hydrogen-bond acceptors (Lipinski definition) is 2. The van der Waals surface area contributed by atoms with Crippen molar-refractivity contribution < 1.29 is 13.5 Å². The van der Waals surface area contributed by atoms with E-state index in [0.717, 1.165) is 12.1 Å². The van der Waals surface area contributed by atoms with E-state index in [-0.39, 0.29) is 0 Å². The van der Waals surface area contributed by atoms with E-state index >= 15 is 0 Å². The number of alkyl halides is 3. The molecule has 0 amide bonds. The molecule has 0 aromatic heterocycles. The highest BCUT2D eigenvalue weighted by Crippen LogP contribution is 2.32. The molecule has 0 aliphatic carbocycles. The SMILES string of the molecule is N#Cc1ccc(OC(Cl)(Cl)Cl)c(F)c1F. The molecule has 0 unspecified atom stereocenters. The summed E-state index contributed by atoms with van der Waals surface area (Å²) in [5, 5.41) is 8.39. The first-order valence-electron chi connectivity index (χ1n) is 3.49. The van der Waals surface area contributed by atoms with Crippen molar-refractivity contribution >= 4 is 34.8 Å². The Hall–Kier alpha value is -0.760. The summed E-state index contributed by atoms with van der Waals surface area (Å²) in [4.78, 5) is 0. The van der Waals surface area contributed by atoms with Crippen molar-refractivity contribution in [2.24, 2.45) is 0 Å². The summed E-state index contributed by atoms with van der Waals surface area (Å²) < 4.78 is 28.5. The summed E-state index contributed by atoms with van der Waals surface area (Å²) in [6, 6.07) is 3.47. The maximum Gasteiger partial charge on any atom is 0.338 e. The number of nitrogens with zero attached hydrogens (tertiary/aromatic N) is 1. The molecule has 0 aliphatic rings. The van der Waals surface area contributed by atoms with E-state index < -0.39 is 26.9 Å². The van der Waals surface area contributed by atoms with Gasteiger partial charge in [-0.1, -0.05) is 0 Å². The molecular formula is C8H2Cl3F2NO. The Morgan fingerprint density at radius 2 is 1.80 bits per heavy atom. The van der Waals surface area contributed by atoms with Gasteiger partial charge in [-0.2, -0.15) is 9.65 Å². The Bertz CT molecular complexity index is 425. The van der Waals surface area contributed by atoms with Crippen LogP contribution in [0.1, 0.15) is 5.56 Å². The molecule has 0 heterocycles. The molecule has 15 heavy (non-hydrogen) atoms. The van der Waals surface area contributed by atoms with Gasteiger partial charge in [-0.05, 0) is 46.9 Å². The lowest BCUT2D eigenvalue weighted by atomic mass is 10.2. The van der Waals surface area contributed by atoms with Crippen molar-refractivity contribution in [3.05, 3.63) is 29.3 Å². The van der Waals surface area contributed by atoms with Gasteiger partial charge in [0.15, 0.2) is 11.6 Å². The third kappa shape index (κ3) is 3.10. The minimum absolute atomic E-state index is 0.454. The van der Waals surface area contributed by atoms with Crippen molar-refractivity contribution in [3.63, 3.8) is 0 Å². The van der Waals surface area contributed by atoms with E-state index in [0.29, 0.717) is 0 Å². The fraction of sp³-hybridized carbons (Fsp3) is 0.125. The molecule has 1 rings (SSSR count). The molecule has 0 saturated heterocycles. The number of nitriles is 1. The van der Waals surface area contributed by atoms with Crippen LogP contribution in [0.4, 0.5) is 8.78 Å². The van der Waals surface area contributed by atoms with Crippen molar-refractivity contribution in [2.75, 3.05) is 0 Å². The predicted octanol–water partition coefficient (Wildman–Crippen LogP) is 3.54. The van der Waals surface area contributed by atoms with Crippen LogP contribution in [0.15, 0.2) is 12.1 Å². The quantitative estimate of drug-likeness (QED) is 0.733. The van der Waals surface area contributed by atoms with E-state index in [9.17, 15) is 8.78 Å². The summed E-state index contributed by atoms with van der Waals surface area (Å²) in [6.45, 7) is 0. The van der Waals surface area contributed by atoms with E-state index in [1.165, 1.54) is 6.07 Å². The first kappa shape index (κ1) is 12.3. The maximum atomic E-state index is 13.2. The molecular weight excluding hydrogens is 270 g/mol. The van der Waals surface area contributed by atoms with Gasteiger partial charge in [0.2, 0.25) is 5.82 Å². The van der Waals surface area contributed by atoms with Crippen LogP contribution in [0.5, 0.6) is 5.75 Å². The Labute approximate surface area is 98.9 Å². The predicted molar refractivity (Wildman–Crippen MR) is 52.0 cm³/mol. The van der Waals surface area contributed by atoms with Crippen LogP contribution >= 0.6 is 34.8 Å². The molecule has 0 atom stereocenters. The van der Waals surface area contributed by atoms with Gasteiger partial charge >= 0.3 is 3.98 Å². The average Bonchev–Trinajstić information content (AvgIpc) is 2.11. The van der Waals surface area contributed by atoms with Gasteiger partial charge in [-0.25, -0.2) is 4.39 Å². The van der Waals surface area contributed by atoms with E-state index in [1.54, 1.807) is 0 Å². The largest absolute Gasteiger partial charge is 0.442 e. The summed E-state index contributed by atoms with van der Waals surface area (Å²) in [5.41, 5.74) is -0.454. The highest BCUT2D eigenvalue weighted by Gasteiger charge is 2.25. The van der Waals surface area contributed by atoms with Gasteiger partial charge < -0.3 is 4.74 Å². The maximum absolute atomic E-state index is 13.2. The lowest BCUT2D eigenvalue weighted by Gasteiger charge is -2.14. The molecule has 2 nitrogen and oxygen atoms in total.